The molecule has 0 heterocycles. The van der Waals surface area contributed by atoms with E-state index in [0.717, 1.165) is 0 Å². The maximum Gasteiger partial charge on any atom is 0.292 e. The first-order valence-corrected chi connectivity index (χ1v) is 6.69. The number of likely N-dealkylation sites (N-methyl/N-ethyl adjacent to an activating group) is 2. The summed E-state index contributed by atoms with van der Waals surface area (Å²) in [7, 11) is 3.29. The molecule has 1 atom stereocenters. The number of amides is 1. The van der Waals surface area contributed by atoms with E-state index >= 15 is 0 Å². The smallest absolute Gasteiger partial charge is 0.292 e. The molecule has 116 valence electrons. The third-order valence-corrected chi connectivity index (χ3v) is 3.17. The molecule has 0 saturated carbocycles. The summed E-state index contributed by atoms with van der Waals surface area (Å²) in [5, 5.41) is 20.2. The third kappa shape index (κ3) is 5.03. The molecule has 1 amide bonds. The van der Waals surface area contributed by atoms with E-state index in [9.17, 15) is 20.0 Å². The van der Waals surface area contributed by atoms with Crippen LogP contribution in [0.3, 0.4) is 0 Å². The van der Waals surface area contributed by atoms with Crippen LogP contribution in [-0.2, 0) is 4.79 Å². The van der Waals surface area contributed by atoms with Gasteiger partial charge in [-0.3, -0.25) is 14.9 Å². The SMILES string of the molecule is CC(O)CCN(C)C(=O)CN(C)c1ccccc1[N+](=O)[O-]. The highest BCUT2D eigenvalue weighted by Gasteiger charge is 2.19. The second kappa shape index (κ2) is 7.58. The lowest BCUT2D eigenvalue weighted by Crippen LogP contribution is -2.38. The Labute approximate surface area is 123 Å². The van der Waals surface area contributed by atoms with Gasteiger partial charge in [-0.15, -0.1) is 0 Å². The van der Waals surface area contributed by atoms with Crippen molar-refractivity contribution in [2.75, 3.05) is 32.1 Å². The number of anilines is 1. The van der Waals surface area contributed by atoms with E-state index in [1.165, 1.54) is 11.0 Å². The Bertz CT molecular complexity index is 505. The summed E-state index contributed by atoms with van der Waals surface area (Å²) >= 11 is 0. The van der Waals surface area contributed by atoms with Crippen molar-refractivity contribution >= 4 is 17.3 Å². The highest BCUT2D eigenvalue weighted by Crippen LogP contribution is 2.26. The number of para-hydroxylation sites is 2. The van der Waals surface area contributed by atoms with E-state index in [2.05, 4.69) is 0 Å². The first kappa shape index (κ1) is 16.9. The minimum Gasteiger partial charge on any atom is -0.393 e. The molecule has 0 bridgehead atoms. The number of benzene rings is 1. The quantitative estimate of drug-likeness (QED) is 0.604. The number of aliphatic hydroxyl groups excluding tert-OH is 1. The molecular weight excluding hydrogens is 274 g/mol. The summed E-state index contributed by atoms with van der Waals surface area (Å²) in [6, 6.07) is 6.31. The van der Waals surface area contributed by atoms with Crippen molar-refractivity contribution in [1.82, 2.24) is 4.90 Å². The van der Waals surface area contributed by atoms with Gasteiger partial charge in [0.1, 0.15) is 5.69 Å². The van der Waals surface area contributed by atoms with Crippen LogP contribution in [0.1, 0.15) is 13.3 Å². The molecule has 0 fully saturated rings. The molecule has 0 radical (unpaired) electrons. The molecule has 21 heavy (non-hydrogen) atoms. The molecule has 1 rings (SSSR count). The molecular formula is C14H21N3O4. The fraction of sp³-hybridized carbons (Fsp3) is 0.500. The molecule has 7 nitrogen and oxygen atoms in total. The number of carbonyl (C=O) groups is 1. The lowest BCUT2D eigenvalue weighted by Gasteiger charge is -2.23. The summed E-state index contributed by atoms with van der Waals surface area (Å²) in [6.07, 6.45) is 0.0328. The second-order valence-corrected chi connectivity index (χ2v) is 5.05. The Balaban J connectivity index is 2.70. The van der Waals surface area contributed by atoms with Gasteiger partial charge in [0.05, 0.1) is 17.6 Å². The van der Waals surface area contributed by atoms with Crippen LogP contribution in [-0.4, -0.2) is 54.1 Å². The Morgan fingerprint density at radius 1 is 1.38 bits per heavy atom. The minimum atomic E-state index is -0.465. The first-order chi connectivity index (χ1) is 9.82. The number of nitro benzene ring substituents is 1. The molecule has 1 aromatic rings. The van der Waals surface area contributed by atoms with Crippen LogP contribution < -0.4 is 4.90 Å². The molecule has 0 aliphatic carbocycles. The number of nitrogens with zero attached hydrogens (tertiary/aromatic N) is 3. The lowest BCUT2D eigenvalue weighted by atomic mass is 10.2. The molecule has 0 spiro atoms. The maximum absolute atomic E-state index is 12.1. The van der Waals surface area contributed by atoms with Crippen molar-refractivity contribution in [3.8, 4) is 0 Å². The van der Waals surface area contributed by atoms with Crippen molar-refractivity contribution < 1.29 is 14.8 Å². The van der Waals surface area contributed by atoms with Crippen molar-refractivity contribution in [2.24, 2.45) is 0 Å². The van der Waals surface area contributed by atoms with E-state index < -0.39 is 11.0 Å². The number of carbonyl (C=O) groups excluding carboxylic acids is 1. The third-order valence-electron chi connectivity index (χ3n) is 3.17. The summed E-state index contributed by atoms with van der Waals surface area (Å²) in [6.45, 7) is 2.15. The molecule has 0 aliphatic rings. The number of nitro groups is 1. The van der Waals surface area contributed by atoms with Gasteiger partial charge in [0.25, 0.3) is 5.69 Å². The average Bonchev–Trinajstić information content (AvgIpc) is 2.44. The van der Waals surface area contributed by atoms with Crippen molar-refractivity contribution in [2.45, 2.75) is 19.4 Å². The fourth-order valence-electron chi connectivity index (χ4n) is 1.86. The van der Waals surface area contributed by atoms with E-state index in [1.807, 2.05) is 0 Å². The van der Waals surface area contributed by atoms with E-state index in [1.54, 1.807) is 44.1 Å². The van der Waals surface area contributed by atoms with Gasteiger partial charge in [-0.25, -0.2) is 0 Å². The summed E-state index contributed by atoms with van der Waals surface area (Å²) in [5.41, 5.74) is 0.374. The highest BCUT2D eigenvalue weighted by atomic mass is 16.6. The Hall–Kier alpha value is -2.15. The zero-order valence-corrected chi connectivity index (χ0v) is 12.5. The standard InChI is InChI=1S/C14H21N3O4/c1-11(18)8-9-15(2)14(19)10-16(3)12-6-4-5-7-13(12)17(20)21/h4-7,11,18H,8-10H2,1-3H3. The van der Waals surface area contributed by atoms with Crippen LogP contribution >= 0.6 is 0 Å². The molecule has 7 heteroatoms. The highest BCUT2D eigenvalue weighted by molar-refractivity contribution is 5.82. The van der Waals surface area contributed by atoms with Crippen LogP contribution in [0.25, 0.3) is 0 Å². The van der Waals surface area contributed by atoms with Crippen molar-refractivity contribution in [1.29, 1.82) is 0 Å². The predicted octanol–water partition coefficient (Wildman–Crippen LogP) is 1.26. The maximum atomic E-state index is 12.1. The summed E-state index contributed by atoms with van der Waals surface area (Å²) < 4.78 is 0. The molecule has 0 saturated heterocycles. The number of aliphatic hydroxyl groups is 1. The Morgan fingerprint density at radius 3 is 2.57 bits per heavy atom. The molecule has 1 unspecified atom stereocenters. The zero-order valence-electron chi connectivity index (χ0n) is 12.5. The van der Waals surface area contributed by atoms with Crippen LogP contribution in [0.2, 0.25) is 0 Å². The number of hydrogen-bond acceptors (Lipinski definition) is 5. The largest absolute Gasteiger partial charge is 0.393 e. The van der Waals surface area contributed by atoms with Gasteiger partial charge in [-0.2, -0.15) is 0 Å². The van der Waals surface area contributed by atoms with Gasteiger partial charge in [-0.1, -0.05) is 12.1 Å². The molecule has 1 aromatic carbocycles. The van der Waals surface area contributed by atoms with Crippen LogP contribution in [0.4, 0.5) is 11.4 Å². The number of rotatable bonds is 7. The second-order valence-electron chi connectivity index (χ2n) is 5.05. The van der Waals surface area contributed by atoms with Gasteiger partial charge in [0, 0.05) is 26.7 Å². The number of hydrogen-bond donors (Lipinski definition) is 1. The molecule has 0 aromatic heterocycles. The van der Waals surface area contributed by atoms with Crippen LogP contribution in [0.15, 0.2) is 24.3 Å². The van der Waals surface area contributed by atoms with E-state index in [4.69, 9.17) is 0 Å². The predicted molar refractivity (Wildman–Crippen MR) is 80.3 cm³/mol. The fourth-order valence-corrected chi connectivity index (χ4v) is 1.86. The summed E-state index contributed by atoms with van der Waals surface area (Å²) in [4.78, 5) is 25.6. The normalized spacial score (nSPS) is 11.8. The van der Waals surface area contributed by atoms with E-state index in [0.29, 0.717) is 18.7 Å². The Kier molecular flexibility index (Phi) is 6.10. The van der Waals surface area contributed by atoms with E-state index in [-0.39, 0.29) is 18.1 Å². The van der Waals surface area contributed by atoms with Gasteiger partial charge in [-0.05, 0) is 19.4 Å². The van der Waals surface area contributed by atoms with Crippen LogP contribution in [0, 0.1) is 10.1 Å². The minimum absolute atomic E-state index is 0.0283. The summed E-state index contributed by atoms with van der Waals surface area (Å²) in [5.74, 6) is -0.156. The monoisotopic (exact) mass is 295 g/mol. The van der Waals surface area contributed by atoms with Crippen molar-refractivity contribution in [3.05, 3.63) is 34.4 Å². The van der Waals surface area contributed by atoms with Gasteiger partial charge in [0.15, 0.2) is 0 Å². The molecule has 0 aliphatic heterocycles. The Morgan fingerprint density at radius 2 is 2.00 bits per heavy atom. The average molecular weight is 295 g/mol. The topological polar surface area (TPSA) is 86.9 Å². The van der Waals surface area contributed by atoms with Crippen molar-refractivity contribution in [3.63, 3.8) is 0 Å². The van der Waals surface area contributed by atoms with Crippen LogP contribution in [0.5, 0.6) is 0 Å². The first-order valence-electron chi connectivity index (χ1n) is 6.69. The molecule has 1 N–H and O–H groups in total. The van der Waals surface area contributed by atoms with Gasteiger partial charge >= 0.3 is 0 Å². The lowest BCUT2D eigenvalue weighted by molar-refractivity contribution is -0.384. The van der Waals surface area contributed by atoms with Gasteiger partial charge in [0.2, 0.25) is 5.91 Å². The van der Waals surface area contributed by atoms with Gasteiger partial charge < -0.3 is 14.9 Å². The zero-order chi connectivity index (χ0) is 16.0.